The number of carbonyl (C=O) groups excluding carboxylic acids is 1. The van der Waals surface area contributed by atoms with Gasteiger partial charge in [-0.05, 0) is 73.3 Å². The smallest absolute Gasteiger partial charge is 0.251 e. The molecule has 1 aliphatic rings. The molecule has 1 amide bonds. The maximum atomic E-state index is 13.1. The average Bonchev–Trinajstić information content (AvgIpc) is 3.27. The van der Waals surface area contributed by atoms with Gasteiger partial charge in [-0.15, -0.1) is 0 Å². The number of benzene rings is 4. The van der Waals surface area contributed by atoms with Crippen LogP contribution in [0.15, 0.2) is 120 Å². The van der Waals surface area contributed by atoms with Gasteiger partial charge in [0.2, 0.25) is 0 Å². The van der Waals surface area contributed by atoms with Crippen molar-refractivity contribution in [2.45, 2.75) is 37.3 Å². The van der Waals surface area contributed by atoms with Crippen LogP contribution >= 0.6 is 0 Å². The molecule has 0 bridgehead atoms. The highest BCUT2D eigenvalue weighted by atomic mass is 16.5. The summed E-state index contributed by atoms with van der Waals surface area (Å²) in [5.74, 6) is 1.74. The molecular weight excluding hydrogens is 560 g/mol. The molecule has 4 aromatic rings. The van der Waals surface area contributed by atoms with Crippen LogP contribution in [0.4, 0.5) is 0 Å². The summed E-state index contributed by atoms with van der Waals surface area (Å²) in [6, 6.07) is 38.7. The zero-order valence-corrected chi connectivity index (χ0v) is 25.7. The fourth-order valence-corrected chi connectivity index (χ4v) is 5.91. The number of nitrogens with one attached hydrogen (secondary N) is 2. The first kappa shape index (κ1) is 31.8. The SMILES string of the molecule is NC(N)=NCCCC1CN(CC(c2ccccc2)c2ccccc2)CCC(CNC(=O)c2ccc(Oc3ccccc3)cc2)N1. The van der Waals surface area contributed by atoms with Crippen molar-refractivity contribution < 1.29 is 9.53 Å². The molecule has 0 saturated carbocycles. The van der Waals surface area contributed by atoms with Crippen LogP contribution in [0.3, 0.4) is 0 Å². The number of hydrogen-bond donors (Lipinski definition) is 4. The number of amides is 1. The lowest BCUT2D eigenvalue weighted by atomic mass is 9.90. The summed E-state index contributed by atoms with van der Waals surface area (Å²) in [5, 5.41) is 7.00. The number of rotatable bonds is 13. The van der Waals surface area contributed by atoms with Gasteiger partial charge < -0.3 is 31.7 Å². The minimum Gasteiger partial charge on any atom is -0.457 e. The highest BCUT2D eigenvalue weighted by Gasteiger charge is 2.26. The first-order valence-electron chi connectivity index (χ1n) is 15.8. The number of hydrogen-bond acceptors (Lipinski definition) is 5. The van der Waals surface area contributed by atoms with Crippen LogP contribution in [0.5, 0.6) is 11.5 Å². The second kappa shape index (κ2) is 16.4. The summed E-state index contributed by atoms with van der Waals surface area (Å²) in [4.78, 5) is 19.8. The molecule has 0 spiro atoms. The first-order valence-corrected chi connectivity index (χ1v) is 15.8. The first-order chi connectivity index (χ1) is 22.0. The summed E-state index contributed by atoms with van der Waals surface area (Å²) in [7, 11) is 0. The van der Waals surface area contributed by atoms with E-state index in [-0.39, 0.29) is 29.9 Å². The van der Waals surface area contributed by atoms with Crippen molar-refractivity contribution in [1.82, 2.24) is 15.5 Å². The third-order valence-electron chi connectivity index (χ3n) is 8.20. The van der Waals surface area contributed by atoms with E-state index in [0.29, 0.717) is 24.4 Å². The van der Waals surface area contributed by atoms with Gasteiger partial charge in [-0.25, -0.2) is 0 Å². The van der Waals surface area contributed by atoms with Gasteiger partial charge in [0.05, 0.1) is 0 Å². The molecule has 0 aliphatic carbocycles. The number of para-hydroxylation sites is 1. The molecule has 1 aliphatic heterocycles. The number of aliphatic imine (C=N–C) groups is 1. The van der Waals surface area contributed by atoms with E-state index >= 15 is 0 Å². The maximum absolute atomic E-state index is 13.1. The fraction of sp³-hybridized carbons (Fsp3) is 0.297. The quantitative estimate of drug-likeness (QED) is 0.0955. The van der Waals surface area contributed by atoms with Crippen LogP contribution in [0.1, 0.15) is 46.7 Å². The summed E-state index contributed by atoms with van der Waals surface area (Å²) in [6.45, 7) is 3.89. The van der Waals surface area contributed by atoms with Crippen LogP contribution in [-0.2, 0) is 0 Å². The normalized spacial score (nSPS) is 16.9. The van der Waals surface area contributed by atoms with Crippen LogP contribution < -0.4 is 26.8 Å². The third-order valence-corrected chi connectivity index (χ3v) is 8.20. The Bertz CT molecular complexity index is 1440. The van der Waals surface area contributed by atoms with E-state index < -0.39 is 0 Å². The van der Waals surface area contributed by atoms with Crippen molar-refractivity contribution in [3.63, 3.8) is 0 Å². The Balaban J connectivity index is 1.22. The van der Waals surface area contributed by atoms with Gasteiger partial charge >= 0.3 is 0 Å². The van der Waals surface area contributed by atoms with Crippen molar-refractivity contribution >= 4 is 11.9 Å². The van der Waals surface area contributed by atoms with Crippen LogP contribution in [0.2, 0.25) is 0 Å². The number of ether oxygens (including phenoxy) is 1. The predicted octanol–water partition coefficient (Wildman–Crippen LogP) is 5.13. The van der Waals surface area contributed by atoms with Crippen molar-refractivity contribution in [2.24, 2.45) is 16.5 Å². The average molecular weight is 605 g/mol. The third kappa shape index (κ3) is 9.93. The monoisotopic (exact) mass is 604 g/mol. The molecule has 2 unspecified atom stereocenters. The molecule has 2 atom stereocenters. The van der Waals surface area contributed by atoms with Crippen LogP contribution in [0, 0.1) is 0 Å². The van der Waals surface area contributed by atoms with Gasteiger partial charge in [0.1, 0.15) is 11.5 Å². The molecule has 0 radical (unpaired) electrons. The molecule has 5 rings (SSSR count). The van der Waals surface area contributed by atoms with E-state index in [9.17, 15) is 4.79 Å². The molecule has 0 aromatic heterocycles. The molecule has 1 fully saturated rings. The predicted molar refractivity (Wildman–Crippen MR) is 182 cm³/mol. The molecule has 1 heterocycles. The zero-order chi connectivity index (χ0) is 31.3. The minimum atomic E-state index is -0.0957. The Morgan fingerprint density at radius 1 is 0.844 bits per heavy atom. The molecule has 234 valence electrons. The van der Waals surface area contributed by atoms with E-state index in [2.05, 4.69) is 81.2 Å². The second-order valence-corrected chi connectivity index (χ2v) is 11.6. The van der Waals surface area contributed by atoms with Gasteiger partial charge in [-0.1, -0.05) is 78.9 Å². The highest BCUT2D eigenvalue weighted by molar-refractivity contribution is 5.94. The van der Waals surface area contributed by atoms with Crippen LogP contribution in [0.25, 0.3) is 0 Å². The minimum absolute atomic E-state index is 0.0957. The van der Waals surface area contributed by atoms with E-state index in [1.54, 1.807) is 12.1 Å². The Morgan fingerprint density at radius 3 is 2.07 bits per heavy atom. The van der Waals surface area contributed by atoms with Crippen LogP contribution in [-0.4, -0.2) is 61.6 Å². The van der Waals surface area contributed by atoms with E-state index in [4.69, 9.17) is 16.2 Å². The van der Waals surface area contributed by atoms with Gasteiger partial charge in [-0.3, -0.25) is 9.79 Å². The summed E-state index contributed by atoms with van der Waals surface area (Å²) < 4.78 is 5.87. The Hall–Kier alpha value is -4.66. The van der Waals surface area contributed by atoms with Gasteiger partial charge in [0.15, 0.2) is 5.96 Å². The number of nitrogens with zero attached hydrogens (tertiary/aromatic N) is 2. The number of carbonyl (C=O) groups is 1. The summed E-state index contributed by atoms with van der Waals surface area (Å²) >= 11 is 0. The molecule has 8 nitrogen and oxygen atoms in total. The number of nitrogens with two attached hydrogens (primary N) is 2. The highest BCUT2D eigenvalue weighted by Crippen LogP contribution is 2.27. The molecule has 6 N–H and O–H groups in total. The Labute approximate surface area is 266 Å². The van der Waals surface area contributed by atoms with Gasteiger partial charge in [-0.2, -0.15) is 0 Å². The van der Waals surface area contributed by atoms with Crippen molar-refractivity contribution in [1.29, 1.82) is 0 Å². The molecule has 45 heavy (non-hydrogen) atoms. The molecule has 8 heteroatoms. The van der Waals surface area contributed by atoms with E-state index in [0.717, 1.165) is 44.6 Å². The van der Waals surface area contributed by atoms with E-state index in [1.165, 1.54) is 11.1 Å². The summed E-state index contributed by atoms with van der Waals surface area (Å²) in [5.41, 5.74) is 14.4. The molecule has 1 saturated heterocycles. The fourth-order valence-electron chi connectivity index (χ4n) is 5.91. The van der Waals surface area contributed by atoms with Crippen molar-refractivity contribution in [3.8, 4) is 11.5 Å². The zero-order valence-electron chi connectivity index (χ0n) is 25.7. The second-order valence-electron chi connectivity index (χ2n) is 11.6. The topological polar surface area (TPSA) is 118 Å². The Kier molecular flexibility index (Phi) is 11.6. The van der Waals surface area contributed by atoms with Crippen molar-refractivity contribution in [3.05, 3.63) is 132 Å². The van der Waals surface area contributed by atoms with Gasteiger partial charge in [0.25, 0.3) is 5.91 Å². The Morgan fingerprint density at radius 2 is 1.44 bits per heavy atom. The van der Waals surface area contributed by atoms with E-state index in [1.807, 2.05) is 42.5 Å². The maximum Gasteiger partial charge on any atom is 0.251 e. The largest absolute Gasteiger partial charge is 0.457 e. The van der Waals surface area contributed by atoms with Crippen molar-refractivity contribution in [2.75, 3.05) is 32.7 Å². The molecule has 4 aromatic carbocycles. The lowest BCUT2D eigenvalue weighted by Gasteiger charge is -2.29. The lowest BCUT2D eigenvalue weighted by molar-refractivity contribution is 0.0948. The molecular formula is C37H44N6O2. The number of guanidine groups is 1. The summed E-state index contributed by atoms with van der Waals surface area (Å²) in [6.07, 6.45) is 2.73. The standard InChI is InChI=1S/C37H44N6O2/c38-37(39)40-23-10-15-32-26-43(27-35(28-11-4-1-5-12-28)29-13-6-2-7-14-29)24-22-31(42-32)25-41-36(44)30-18-20-34(21-19-30)45-33-16-8-3-9-17-33/h1-9,11-14,16-21,31-32,35,42H,10,15,22-27H2,(H,41,44)(H4,38,39,40). The van der Waals surface area contributed by atoms with Gasteiger partial charge in [0, 0.05) is 49.7 Å². The lowest BCUT2D eigenvalue weighted by Crippen LogP contribution is -2.46.